The summed E-state index contributed by atoms with van der Waals surface area (Å²) < 4.78 is 11.1. The van der Waals surface area contributed by atoms with Crippen LogP contribution >= 0.6 is 0 Å². The summed E-state index contributed by atoms with van der Waals surface area (Å²) >= 11 is 0. The van der Waals surface area contributed by atoms with Gasteiger partial charge in [-0.3, -0.25) is 9.59 Å². The fraction of sp³-hybridized carbons (Fsp3) is 0.444. The number of carbonyl (C=O) groups excluding carboxylic acids is 2. The zero-order valence-corrected chi connectivity index (χ0v) is 14.2. The second-order valence-corrected chi connectivity index (χ2v) is 5.31. The number of rotatable bonds is 11. The maximum atomic E-state index is 11.9. The molecule has 0 radical (unpaired) electrons. The topological polar surface area (TPSA) is 112 Å². The lowest BCUT2D eigenvalue weighted by atomic mass is 10.2. The molecular formula is C18H21N3O4. The molecule has 0 heterocycles. The van der Waals surface area contributed by atoms with Gasteiger partial charge in [0.1, 0.15) is 17.3 Å². The van der Waals surface area contributed by atoms with E-state index in [0.717, 1.165) is 0 Å². The number of anilines is 1. The predicted octanol–water partition coefficient (Wildman–Crippen LogP) is 2.97. The van der Waals surface area contributed by atoms with Crippen LogP contribution in [0.3, 0.4) is 0 Å². The Hall–Kier alpha value is -3.06. The second kappa shape index (κ2) is 11.5. The average Bonchev–Trinajstić information content (AvgIpc) is 2.56. The molecule has 0 aliphatic rings. The molecule has 0 atom stereocenters. The van der Waals surface area contributed by atoms with Gasteiger partial charge in [-0.25, -0.2) is 0 Å². The molecule has 0 unspecified atom stereocenters. The highest BCUT2D eigenvalue weighted by Crippen LogP contribution is 2.30. The number of ketones is 1. The number of hydrogen-bond donors (Lipinski definition) is 1. The van der Waals surface area contributed by atoms with Gasteiger partial charge in [0.15, 0.2) is 0 Å². The van der Waals surface area contributed by atoms with Gasteiger partial charge in [-0.2, -0.15) is 10.5 Å². The molecule has 1 rings (SSSR count). The van der Waals surface area contributed by atoms with Crippen LogP contribution in [0.1, 0.15) is 39.0 Å². The number of carbonyl (C=O) groups is 2. The van der Waals surface area contributed by atoms with Crippen molar-refractivity contribution in [3.8, 4) is 23.6 Å². The van der Waals surface area contributed by atoms with E-state index in [1.165, 1.54) is 6.92 Å². The largest absolute Gasteiger partial charge is 0.493 e. The van der Waals surface area contributed by atoms with E-state index in [2.05, 4.69) is 5.32 Å². The van der Waals surface area contributed by atoms with Crippen molar-refractivity contribution in [2.75, 3.05) is 18.5 Å². The van der Waals surface area contributed by atoms with Crippen LogP contribution in [0.2, 0.25) is 0 Å². The molecule has 0 aromatic heterocycles. The maximum Gasteiger partial charge on any atom is 0.231 e. The van der Waals surface area contributed by atoms with Gasteiger partial charge in [0, 0.05) is 18.9 Å². The maximum absolute atomic E-state index is 11.9. The molecule has 7 heteroatoms. The van der Waals surface area contributed by atoms with E-state index in [0.29, 0.717) is 56.1 Å². The van der Waals surface area contributed by atoms with Gasteiger partial charge in [0.25, 0.3) is 0 Å². The van der Waals surface area contributed by atoms with Gasteiger partial charge in [0.05, 0.1) is 37.5 Å². The molecule has 0 bridgehead atoms. The Kier molecular flexibility index (Phi) is 9.17. The van der Waals surface area contributed by atoms with Crippen LogP contribution in [-0.2, 0) is 9.59 Å². The van der Waals surface area contributed by atoms with Crippen molar-refractivity contribution < 1.29 is 19.1 Å². The summed E-state index contributed by atoms with van der Waals surface area (Å²) in [5, 5.41) is 19.7. The highest BCUT2D eigenvalue weighted by Gasteiger charge is 2.11. The minimum absolute atomic E-state index is 0.221. The van der Waals surface area contributed by atoms with Crippen LogP contribution in [0.15, 0.2) is 18.2 Å². The Bertz CT molecular complexity index is 674. The molecule has 0 spiro atoms. The molecule has 0 saturated heterocycles. The number of nitrogens with one attached hydrogen (secondary N) is 1. The zero-order chi connectivity index (χ0) is 18.5. The monoisotopic (exact) mass is 343 g/mol. The third kappa shape index (κ3) is 8.38. The summed E-state index contributed by atoms with van der Waals surface area (Å²) in [7, 11) is 0. The van der Waals surface area contributed by atoms with Crippen LogP contribution in [0.25, 0.3) is 0 Å². The minimum atomic E-state index is -0.434. The van der Waals surface area contributed by atoms with E-state index >= 15 is 0 Å². The molecule has 0 aliphatic carbocycles. The fourth-order valence-electron chi connectivity index (χ4n) is 1.92. The minimum Gasteiger partial charge on any atom is -0.493 e. The standard InChI is InChI=1S/C18H21N3O4/c1-14(22)12-18(23)21-16-13-15(24-10-4-2-8-19)6-7-17(16)25-11-5-3-9-20/h6-7,13H,2-5,10-12H2,1H3,(H,21,23). The van der Waals surface area contributed by atoms with Gasteiger partial charge in [0.2, 0.25) is 5.91 Å². The van der Waals surface area contributed by atoms with Crippen LogP contribution in [0.5, 0.6) is 11.5 Å². The van der Waals surface area contributed by atoms with Gasteiger partial charge in [-0.05, 0) is 31.9 Å². The lowest BCUT2D eigenvalue weighted by molar-refractivity contribution is -0.124. The number of Topliss-reactive ketones (excluding diaryl/α,β-unsaturated/α-hetero) is 1. The first kappa shape index (κ1) is 20.0. The van der Waals surface area contributed by atoms with Gasteiger partial charge >= 0.3 is 0 Å². The molecule has 0 saturated carbocycles. The molecule has 1 aromatic carbocycles. The summed E-state index contributed by atoms with van der Waals surface area (Å²) in [5.74, 6) is 0.300. The number of hydrogen-bond acceptors (Lipinski definition) is 6. The van der Waals surface area contributed by atoms with E-state index in [9.17, 15) is 9.59 Å². The molecule has 0 fully saturated rings. The lowest BCUT2D eigenvalue weighted by Gasteiger charge is -2.14. The number of nitrogens with zero attached hydrogens (tertiary/aromatic N) is 2. The summed E-state index contributed by atoms with van der Waals surface area (Å²) in [4.78, 5) is 22.9. The predicted molar refractivity (Wildman–Crippen MR) is 91.1 cm³/mol. The molecular weight excluding hydrogens is 322 g/mol. The van der Waals surface area contributed by atoms with Crippen LogP contribution in [-0.4, -0.2) is 24.9 Å². The highest BCUT2D eigenvalue weighted by atomic mass is 16.5. The first-order chi connectivity index (χ1) is 12.1. The Morgan fingerprint density at radius 1 is 1.08 bits per heavy atom. The Labute approximate surface area is 147 Å². The smallest absolute Gasteiger partial charge is 0.231 e. The fourth-order valence-corrected chi connectivity index (χ4v) is 1.92. The summed E-state index contributed by atoms with van der Waals surface area (Å²) in [5.41, 5.74) is 0.404. The van der Waals surface area contributed by atoms with Crippen molar-refractivity contribution in [1.82, 2.24) is 0 Å². The number of benzene rings is 1. The quantitative estimate of drug-likeness (QED) is 0.488. The van der Waals surface area contributed by atoms with E-state index in [4.69, 9.17) is 20.0 Å². The Morgan fingerprint density at radius 3 is 2.32 bits per heavy atom. The van der Waals surface area contributed by atoms with E-state index < -0.39 is 5.91 Å². The highest BCUT2D eigenvalue weighted by molar-refractivity contribution is 6.04. The van der Waals surface area contributed by atoms with Crippen molar-refractivity contribution in [2.24, 2.45) is 0 Å². The van der Waals surface area contributed by atoms with Crippen molar-refractivity contribution in [3.05, 3.63) is 18.2 Å². The Balaban J connectivity index is 2.79. The van der Waals surface area contributed by atoms with Gasteiger partial charge < -0.3 is 14.8 Å². The first-order valence-electron chi connectivity index (χ1n) is 7.99. The molecule has 7 nitrogen and oxygen atoms in total. The molecule has 132 valence electrons. The normalized spacial score (nSPS) is 9.56. The first-order valence-corrected chi connectivity index (χ1v) is 7.99. The number of ether oxygens (including phenoxy) is 2. The van der Waals surface area contributed by atoms with Crippen molar-refractivity contribution in [1.29, 1.82) is 10.5 Å². The van der Waals surface area contributed by atoms with E-state index in [-0.39, 0.29) is 12.2 Å². The third-order valence-electron chi connectivity index (χ3n) is 3.03. The van der Waals surface area contributed by atoms with E-state index in [1.54, 1.807) is 18.2 Å². The molecule has 1 amide bonds. The van der Waals surface area contributed by atoms with Crippen LogP contribution in [0, 0.1) is 22.7 Å². The lowest BCUT2D eigenvalue weighted by Crippen LogP contribution is -2.15. The van der Waals surface area contributed by atoms with Crippen LogP contribution in [0.4, 0.5) is 5.69 Å². The number of amides is 1. The molecule has 1 aromatic rings. The number of unbranched alkanes of at least 4 members (excludes halogenated alkanes) is 2. The zero-order valence-electron chi connectivity index (χ0n) is 14.2. The molecule has 0 aliphatic heterocycles. The molecule has 1 N–H and O–H groups in total. The van der Waals surface area contributed by atoms with Gasteiger partial charge in [-0.15, -0.1) is 0 Å². The average molecular weight is 343 g/mol. The summed E-state index contributed by atoms with van der Waals surface area (Å²) in [6.45, 7) is 2.07. The van der Waals surface area contributed by atoms with E-state index in [1.807, 2.05) is 12.1 Å². The van der Waals surface area contributed by atoms with Crippen LogP contribution < -0.4 is 14.8 Å². The van der Waals surface area contributed by atoms with Crippen molar-refractivity contribution in [3.63, 3.8) is 0 Å². The number of nitriles is 2. The summed E-state index contributed by atoms with van der Waals surface area (Å²) in [6.07, 6.45) is 1.74. The Morgan fingerprint density at radius 2 is 1.72 bits per heavy atom. The van der Waals surface area contributed by atoms with Gasteiger partial charge in [-0.1, -0.05) is 0 Å². The third-order valence-corrected chi connectivity index (χ3v) is 3.03. The second-order valence-electron chi connectivity index (χ2n) is 5.31. The molecule has 25 heavy (non-hydrogen) atoms. The SMILES string of the molecule is CC(=O)CC(=O)Nc1cc(OCCCC#N)ccc1OCCCC#N. The van der Waals surface area contributed by atoms with Crippen molar-refractivity contribution in [2.45, 2.75) is 39.0 Å². The summed E-state index contributed by atoms with van der Waals surface area (Å²) in [6, 6.07) is 9.05. The van der Waals surface area contributed by atoms with Crippen molar-refractivity contribution >= 4 is 17.4 Å².